The SMILES string of the molecule is Cc1nnc(NCc2cccc(C(F)F)c2F)c2cc(N3CCN4CCOCC4C3)cnc12. The molecular weight excluding hydrogens is 433 g/mol. The molecule has 2 fully saturated rings. The first-order chi connectivity index (χ1) is 16.0. The highest BCUT2D eigenvalue weighted by atomic mass is 19.3. The monoisotopic (exact) mass is 458 g/mol. The Labute approximate surface area is 189 Å². The van der Waals surface area contributed by atoms with Gasteiger partial charge in [0.1, 0.15) is 5.82 Å². The average Bonchev–Trinajstić information content (AvgIpc) is 2.83. The molecule has 0 aliphatic carbocycles. The molecule has 1 unspecified atom stereocenters. The first-order valence-electron chi connectivity index (χ1n) is 11.0. The van der Waals surface area contributed by atoms with Crippen LogP contribution in [-0.4, -0.2) is 65.5 Å². The summed E-state index contributed by atoms with van der Waals surface area (Å²) >= 11 is 0. The topological polar surface area (TPSA) is 66.4 Å². The average molecular weight is 458 g/mol. The van der Waals surface area contributed by atoms with E-state index in [1.54, 1.807) is 0 Å². The number of fused-ring (bicyclic) bond motifs is 2. The third kappa shape index (κ3) is 4.32. The highest BCUT2D eigenvalue weighted by Crippen LogP contribution is 2.29. The van der Waals surface area contributed by atoms with Crippen LogP contribution in [-0.2, 0) is 11.3 Å². The van der Waals surface area contributed by atoms with Gasteiger partial charge in [-0.05, 0) is 13.0 Å². The van der Waals surface area contributed by atoms with E-state index < -0.39 is 17.8 Å². The van der Waals surface area contributed by atoms with Gasteiger partial charge in [-0.15, -0.1) is 5.10 Å². The molecule has 2 aliphatic heterocycles. The number of aromatic nitrogens is 3. The van der Waals surface area contributed by atoms with Crippen LogP contribution in [0.25, 0.3) is 10.9 Å². The summed E-state index contributed by atoms with van der Waals surface area (Å²) in [4.78, 5) is 9.37. The highest BCUT2D eigenvalue weighted by Gasteiger charge is 2.30. The molecule has 0 spiro atoms. The maximum atomic E-state index is 14.5. The van der Waals surface area contributed by atoms with Gasteiger partial charge in [0.05, 0.1) is 47.9 Å². The Bertz CT molecular complexity index is 1160. The van der Waals surface area contributed by atoms with E-state index in [0.29, 0.717) is 23.1 Å². The minimum Gasteiger partial charge on any atom is -0.378 e. The Morgan fingerprint density at radius 2 is 2.09 bits per heavy atom. The molecule has 2 aliphatic rings. The lowest BCUT2D eigenvalue weighted by Crippen LogP contribution is -2.58. The number of rotatable bonds is 5. The summed E-state index contributed by atoms with van der Waals surface area (Å²) in [6, 6.07) is 6.36. The molecule has 0 saturated carbocycles. The number of aryl methyl sites for hydroxylation is 1. The molecule has 1 N–H and O–H groups in total. The molecule has 7 nitrogen and oxygen atoms in total. The predicted octanol–water partition coefficient (Wildman–Crippen LogP) is 3.54. The van der Waals surface area contributed by atoms with Gasteiger partial charge in [-0.2, -0.15) is 5.10 Å². The van der Waals surface area contributed by atoms with Crippen molar-refractivity contribution >= 4 is 22.4 Å². The van der Waals surface area contributed by atoms with Crippen molar-refractivity contribution in [3.63, 3.8) is 0 Å². The van der Waals surface area contributed by atoms with E-state index in [9.17, 15) is 13.2 Å². The Hall–Kier alpha value is -2.98. The number of pyridine rings is 1. The Morgan fingerprint density at radius 1 is 1.21 bits per heavy atom. The van der Waals surface area contributed by atoms with E-state index in [2.05, 4.69) is 30.3 Å². The fraction of sp³-hybridized carbons (Fsp3) is 0.435. The number of halogens is 3. The molecule has 0 bridgehead atoms. The molecule has 2 saturated heterocycles. The van der Waals surface area contributed by atoms with Gasteiger partial charge in [-0.3, -0.25) is 9.88 Å². The van der Waals surface area contributed by atoms with Crippen LogP contribution in [0.2, 0.25) is 0 Å². The van der Waals surface area contributed by atoms with E-state index in [-0.39, 0.29) is 12.1 Å². The van der Waals surface area contributed by atoms with Gasteiger partial charge in [0.25, 0.3) is 6.43 Å². The maximum Gasteiger partial charge on any atom is 0.266 e. The number of hydrogen-bond acceptors (Lipinski definition) is 7. The lowest BCUT2D eigenvalue weighted by Gasteiger charge is -2.44. The number of piperazine rings is 1. The summed E-state index contributed by atoms with van der Waals surface area (Å²) in [5.41, 5.74) is 1.87. The number of hydrogen-bond donors (Lipinski definition) is 1. The van der Waals surface area contributed by atoms with Crippen molar-refractivity contribution in [2.24, 2.45) is 0 Å². The second kappa shape index (κ2) is 9.11. The molecule has 5 rings (SSSR count). The van der Waals surface area contributed by atoms with Crippen molar-refractivity contribution < 1.29 is 17.9 Å². The van der Waals surface area contributed by atoms with Crippen LogP contribution < -0.4 is 10.2 Å². The Kier molecular flexibility index (Phi) is 6.03. The van der Waals surface area contributed by atoms with E-state index in [1.807, 2.05) is 19.2 Å². The molecular formula is C23H25F3N6O. The molecule has 1 aromatic carbocycles. The zero-order chi connectivity index (χ0) is 22.9. The second-order valence-electron chi connectivity index (χ2n) is 8.41. The van der Waals surface area contributed by atoms with Crippen molar-refractivity contribution in [1.29, 1.82) is 0 Å². The predicted molar refractivity (Wildman–Crippen MR) is 119 cm³/mol. The first-order valence-corrected chi connectivity index (χ1v) is 11.0. The van der Waals surface area contributed by atoms with E-state index in [4.69, 9.17) is 4.74 Å². The van der Waals surface area contributed by atoms with Crippen LogP contribution in [0.5, 0.6) is 0 Å². The minimum absolute atomic E-state index is 0.00154. The van der Waals surface area contributed by atoms with Crippen molar-refractivity contribution in [1.82, 2.24) is 20.1 Å². The van der Waals surface area contributed by atoms with Crippen molar-refractivity contribution in [2.45, 2.75) is 25.9 Å². The lowest BCUT2D eigenvalue weighted by molar-refractivity contribution is -0.0116. The van der Waals surface area contributed by atoms with Crippen LogP contribution in [0.3, 0.4) is 0 Å². The summed E-state index contributed by atoms with van der Waals surface area (Å²) in [5.74, 6) is -0.470. The molecule has 174 valence electrons. The zero-order valence-corrected chi connectivity index (χ0v) is 18.3. The zero-order valence-electron chi connectivity index (χ0n) is 18.3. The number of alkyl halides is 2. The third-order valence-corrected chi connectivity index (χ3v) is 6.36. The van der Waals surface area contributed by atoms with Gasteiger partial charge in [0.2, 0.25) is 0 Å². The maximum absolute atomic E-state index is 14.5. The molecule has 0 radical (unpaired) electrons. The van der Waals surface area contributed by atoms with E-state index >= 15 is 0 Å². The molecule has 0 amide bonds. The Balaban J connectivity index is 1.41. The molecule has 4 heterocycles. The largest absolute Gasteiger partial charge is 0.378 e. The van der Waals surface area contributed by atoms with Crippen LogP contribution in [0.15, 0.2) is 30.5 Å². The van der Waals surface area contributed by atoms with Gasteiger partial charge in [-0.1, -0.05) is 18.2 Å². The summed E-state index contributed by atoms with van der Waals surface area (Å²) in [6.45, 7) is 6.98. The lowest BCUT2D eigenvalue weighted by atomic mass is 10.1. The second-order valence-corrected chi connectivity index (χ2v) is 8.41. The van der Waals surface area contributed by atoms with Crippen molar-refractivity contribution in [3.8, 4) is 0 Å². The van der Waals surface area contributed by atoms with Crippen molar-refractivity contribution in [3.05, 3.63) is 53.1 Å². The number of nitrogens with one attached hydrogen (secondary N) is 1. The van der Waals surface area contributed by atoms with Gasteiger partial charge in [0, 0.05) is 43.7 Å². The summed E-state index contributed by atoms with van der Waals surface area (Å²) < 4.78 is 46.2. The summed E-state index contributed by atoms with van der Waals surface area (Å²) in [7, 11) is 0. The van der Waals surface area contributed by atoms with Crippen LogP contribution in [0, 0.1) is 12.7 Å². The molecule has 33 heavy (non-hydrogen) atoms. The third-order valence-electron chi connectivity index (χ3n) is 6.36. The highest BCUT2D eigenvalue weighted by molar-refractivity contribution is 5.92. The normalized spacial score (nSPS) is 19.2. The number of ether oxygens (including phenoxy) is 1. The number of morpholine rings is 1. The summed E-state index contributed by atoms with van der Waals surface area (Å²) in [5, 5.41) is 12.2. The van der Waals surface area contributed by atoms with E-state index in [0.717, 1.165) is 56.5 Å². The number of nitrogens with zero attached hydrogens (tertiary/aromatic N) is 5. The smallest absolute Gasteiger partial charge is 0.266 e. The standard InChI is InChI=1S/C23H25F3N6O/c1-14-21-19(9-16(11-27-21)32-6-5-31-7-8-33-13-17(31)12-32)23(30-29-14)28-10-15-3-2-4-18(20(15)24)22(25)26/h2-4,9,11,17,22H,5-8,10,12-13H2,1H3,(H,28,30). The number of anilines is 2. The van der Waals surface area contributed by atoms with Crippen LogP contribution >= 0.6 is 0 Å². The van der Waals surface area contributed by atoms with Crippen LogP contribution in [0.4, 0.5) is 24.7 Å². The minimum atomic E-state index is -2.87. The van der Waals surface area contributed by atoms with Gasteiger partial charge >= 0.3 is 0 Å². The quantitative estimate of drug-likeness (QED) is 0.627. The van der Waals surface area contributed by atoms with Gasteiger partial charge in [-0.25, -0.2) is 13.2 Å². The molecule has 10 heteroatoms. The molecule has 2 aromatic heterocycles. The van der Waals surface area contributed by atoms with Gasteiger partial charge < -0.3 is 15.0 Å². The van der Waals surface area contributed by atoms with E-state index in [1.165, 1.54) is 12.1 Å². The molecule has 1 atom stereocenters. The van der Waals surface area contributed by atoms with Gasteiger partial charge in [0.15, 0.2) is 5.82 Å². The van der Waals surface area contributed by atoms with Crippen LogP contribution in [0.1, 0.15) is 23.2 Å². The fourth-order valence-electron chi connectivity index (χ4n) is 4.52. The summed E-state index contributed by atoms with van der Waals surface area (Å²) in [6.07, 6.45) is -1.03. The fourth-order valence-corrected chi connectivity index (χ4v) is 4.52. The number of benzene rings is 1. The van der Waals surface area contributed by atoms with Crippen molar-refractivity contribution in [2.75, 3.05) is 49.6 Å². The Morgan fingerprint density at radius 3 is 2.94 bits per heavy atom. The molecule has 3 aromatic rings. The first kappa shape index (κ1) is 21.8.